The largest absolute Gasteiger partial charge is 0.492 e. The number of carbonyl (C=O) groups excluding carboxylic acids is 1. The van der Waals surface area contributed by atoms with E-state index in [1.807, 2.05) is 48.5 Å². The molecule has 3 heterocycles. The van der Waals surface area contributed by atoms with Gasteiger partial charge in [0.15, 0.2) is 5.65 Å². The molecule has 4 rings (SSSR count). The molecule has 36 heavy (non-hydrogen) atoms. The summed E-state index contributed by atoms with van der Waals surface area (Å²) in [6.45, 7) is 6.97. The fourth-order valence-corrected chi connectivity index (χ4v) is 4.11. The summed E-state index contributed by atoms with van der Waals surface area (Å²) in [6.07, 6.45) is 4.79. The normalized spacial score (nSPS) is 15.3. The average molecular weight is 486 g/mol. The Hall–Kier alpha value is -3.80. The molecule has 186 valence electrons. The molecule has 8 heteroatoms. The molecular weight excluding hydrogens is 454 g/mol. The van der Waals surface area contributed by atoms with Crippen molar-refractivity contribution in [1.29, 1.82) is 5.26 Å². The minimum atomic E-state index is -0.426. The quantitative estimate of drug-likeness (QED) is 0.343. The van der Waals surface area contributed by atoms with Crippen molar-refractivity contribution in [3.8, 4) is 11.8 Å². The zero-order valence-corrected chi connectivity index (χ0v) is 20.5. The Balaban J connectivity index is 1.39. The highest BCUT2D eigenvalue weighted by Gasteiger charge is 2.18. The van der Waals surface area contributed by atoms with E-state index in [0.29, 0.717) is 17.9 Å². The maximum atomic E-state index is 13.0. The van der Waals surface area contributed by atoms with Crippen molar-refractivity contribution < 1.29 is 14.3 Å². The van der Waals surface area contributed by atoms with Gasteiger partial charge in [-0.1, -0.05) is 25.5 Å². The van der Waals surface area contributed by atoms with Crippen LogP contribution >= 0.6 is 0 Å². The smallest absolute Gasteiger partial charge is 0.262 e. The Labute approximate surface area is 211 Å². The number of pyridine rings is 2. The van der Waals surface area contributed by atoms with Crippen LogP contribution in [0, 0.1) is 11.3 Å². The molecule has 3 aromatic rings. The molecule has 1 unspecified atom stereocenters. The van der Waals surface area contributed by atoms with E-state index in [-0.39, 0.29) is 11.6 Å². The number of carbonyl (C=O) groups is 1. The van der Waals surface area contributed by atoms with Crippen molar-refractivity contribution >= 4 is 23.0 Å². The second-order valence-corrected chi connectivity index (χ2v) is 8.64. The summed E-state index contributed by atoms with van der Waals surface area (Å²) in [5, 5.41) is 13.6. The lowest BCUT2D eigenvalue weighted by atomic mass is 10.0. The van der Waals surface area contributed by atoms with Crippen molar-refractivity contribution in [1.82, 2.24) is 20.2 Å². The van der Waals surface area contributed by atoms with Gasteiger partial charge < -0.3 is 14.8 Å². The highest BCUT2D eigenvalue weighted by molar-refractivity contribution is 6.01. The molecule has 1 aliphatic heterocycles. The number of nitrogens with one attached hydrogen (secondary N) is 1. The molecule has 0 radical (unpaired) electrons. The highest BCUT2D eigenvalue weighted by atomic mass is 16.5. The number of benzene rings is 1. The van der Waals surface area contributed by atoms with E-state index in [9.17, 15) is 10.1 Å². The Morgan fingerprint density at radius 1 is 1.22 bits per heavy atom. The van der Waals surface area contributed by atoms with Crippen LogP contribution in [0.15, 0.2) is 60.3 Å². The van der Waals surface area contributed by atoms with Crippen molar-refractivity contribution in [2.75, 3.05) is 39.5 Å². The molecule has 1 aliphatic rings. The predicted octanol–water partition coefficient (Wildman–Crippen LogP) is 3.91. The van der Waals surface area contributed by atoms with Crippen LogP contribution in [0.4, 0.5) is 0 Å². The van der Waals surface area contributed by atoms with Gasteiger partial charge in [0.05, 0.1) is 24.9 Å². The summed E-state index contributed by atoms with van der Waals surface area (Å²) < 4.78 is 11.3. The van der Waals surface area contributed by atoms with Crippen molar-refractivity contribution in [2.45, 2.75) is 25.8 Å². The van der Waals surface area contributed by atoms with Crippen molar-refractivity contribution in [3.63, 3.8) is 0 Å². The third-order valence-electron chi connectivity index (χ3n) is 6.09. The number of ether oxygens (including phenoxy) is 2. The molecule has 0 aliphatic carbocycles. The lowest BCUT2D eigenvalue weighted by Crippen LogP contribution is -2.38. The zero-order valence-electron chi connectivity index (χ0n) is 20.5. The molecule has 1 aromatic carbocycles. The fourth-order valence-electron chi connectivity index (χ4n) is 4.11. The zero-order chi connectivity index (χ0) is 25.2. The molecule has 0 saturated carbocycles. The molecule has 0 spiro atoms. The van der Waals surface area contributed by atoms with E-state index >= 15 is 0 Å². The van der Waals surface area contributed by atoms with E-state index < -0.39 is 5.91 Å². The molecule has 1 N–H and O–H groups in total. The topological polar surface area (TPSA) is 100 Å². The number of nitriles is 1. The number of fused-ring (bicyclic) bond motifs is 1. The van der Waals surface area contributed by atoms with Gasteiger partial charge in [0, 0.05) is 31.2 Å². The second kappa shape index (κ2) is 12.8. The summed E-state index contributed by atoms with van der Waals surface area (Å²) >= 11 is 0. The van der Waals surface area contributed by atoms with Gasteiger partial charge >= 0.3 is 0 Å². The van der Waals surface area contributed by atoms with Crippen LogP contribution in [0.1, 0.15) is 37.1 Å². The summed E-state index contributed by atoms with van der Waals surface area (Å²) in [4.78, 5) is 24.0. The summed E-state index contributed by atoms with van der Waals surface area (Å²) in [5.41, 5.74) is 2.05. The van der Waals surface area contributed by atoms with Gasteiger partial charge in [-0.05, 0) is 54.5 Å². The van der Waals surface area contributed by atoms with E-state index in [4.69, 9.17) is 9.47 Å². The lowest BCUT2D eigenvalue weighted by Gasteiger charge is -2.26. The van der Waals surface area contributed by atoms with E-state index in [0.717, 1.165) is 62.4 Å². The van der Waals surface area contributed by atoms with Gasteiger partial charge in [0.1, 0.15) is 24.0 Å². The van der Waals surface area contributed by atoms with Gasteiger partial charge in [0.2, 0.25) is 0 Å². The maximum Gasteiger partial charge on any atom is 0.262 e. The molecule has 1 amide bonds. The number of hydrogen-bond acceptors (Lipinski definition) is 7. The Kier molecular flexibility index (Phi) is 8.98. The first kappa shape index (κ1) is 25.3. The second-order valence-electron chi connectivity index (χ2n) is 8.64. The van der Waals surface area contributed by atoms with Crippen LogP contribution in [0.5, 0.6) is 5.75 Å². The summed E-state index contributed by atoms with van der Waals surface area (Å²) in [7, 11) is 0. The van der Waals surface area contributed by atoms with Gasteiger partial charge in [-0.15, -0.1) is 0 Å². The number of hydrogen-bond donors (Lipinski definition) is 1. The van der Waals surface area contributed by atoms with Crippen molar-refractivity contribution in [3.05, 3.63) is 71.6 Å². The number of amides is 1. The first-order valence-electron chi connectivity index (χ1n) is 12.3. The van der Waals surface area contributed by atoms with Crippen LogP contribution in [-0.4, -0.2) is 60.2 Å². The number of aromatic nitrogens is 2. The minimum Gasteiger partial charge on any atom is -0.492 e. The molecule has 0 bridgehead atoms. The Morgan fingerprint density at radius 2 is 2.03 bits per heavy atom. The molecule has 1 atom stereocenters. The van der Waals surface area contributed by atoms with Crippen LogP contribution in [-0.2, 0) is 9.53 Å². The van der Waals surface area contributed by atoms with E-state index in [1.54, 1.807) is 12.3 Å². The lowest BCUT2D eigenvalue weighted by molar-refractivity contribution is -0.117. The summed E-state index contributed by atoms with van der Waals surface area (Å²) in [6, 6.07) is 17.0. The predicted molar refractivity (Wildman–Crippen MR) is 138 cm³/mol. The number of morpholine rings is 1. The first-order valence-corrected chi connectivity index (χ1v) is 12.3. The third-order valence-corrected chi connectivity index (χ3v) is 6.09. The first-order chi connectivity index (χ1) is 17.7. The average Bonchev–Trinajstić information content (AvgIpc) is 2.92. The van der Waals surface area contributed by atoms with Crippen LogP contribution in [0.25, 0.3) is 17.1 Å². The molecule has 1 saturated heterocycles. The van der Waals surface area contributed by atoms with Gasteiger partial charge in [-0.3, -0.25) is 9.69 Å². The van der Waals surface area contributed by atoms with E-state index in [1.165, 1.54) is 6.08 Å². The standard InChI is InChI=1S/C28H31N5O3/c1-2-4-26(21-7-10-25(11-8-21)36-18-15-33-13-16-35-17-14-33)32-28(34)23(20-29)19-24-9-6-22-5-3-12-30-27(22)31-24/h3,5-12,19,26H,2,4,13-18H2,1H3,(H,32,34)/b23-19+. The van der Waals surface area contributed by atoms with Gasteiger partial charge in [-0.2, -0.15) is 5.26 Å². The molecule has 2 aromatic heterocycles. The molecule has 1 fully saturated rings. The van der Waals surface area contributed by atoms with Crippen LogP contribution in [0.3, 0.4) is 0 Å². The minimum absolute atomic E-state index is 0.00181. The Morgan fingerprint density at radius 3 is 2.78 bits per heavy atom. The van der Waals surface area contributed by atoms with Gasteiger partial charge in [-0.25, -0.2) is 9.97 Å². The molecular formula is C28H31N5O3. The van der Waals surface area contributed by atoms with Crippen LogP contribution < -0.4 is 10.1 Å². The number of rotatable bonds is 10. The molecule has 8 nitrogen and oxygen atoms in total. The van der Waals surface area contributed by atoms with E-state index in [2.05, 4.69) is 27.1 Å². The number of nitrogens with zero attached hydrogens (tertiary/aromatic N) is 4. The Bertz CT molecular complexity index is 1230. The highest BCUT2D eigenvalue weighted by Crippen LogP contribution is 2.22. The third kappa shape index (κ3) is 6.87. The summed E-state index contributed by atoms with van der Waals surface area (Å²) in [5.74, 6) is 0.367. The maximum absolute atomic E-state index is 13.0. The van der Waals surface area contributed by atoms with Crippen molar-refractivity contribution in [2.24, 2.45) is 0 Å². The monoisotopic (exact) mass is 485 g/mol. The van der Waals surface area contributed by atoms with Crippen LogP contribution in [0.2, 0.25) is 0 Å². The fraction of sp³-hybridized carbons (Fsp3) is 0.357. The SMILES string of the molecule is CCCC(NC(=O)/C(C#N)=C/c1ccc2cccnc2n1)c1ccc(OCCN2CCOCC2)cc1. The van der Waals surface area contributed by atoms with Gasteiger partial charge in [0.25, 0.3) is 5.91 Å².